The van der Waals surface area contributed by atoms with E-state index in [0.717, 1.165) is 20.9 Å². The van der Waals surface area contributed by atoms with Crippen molar-refractivity contribution in [2.45, 2.75) is 0 Å². The largest absolute Gasteiger partial charge is 0.349 e. The first-order valence-electron chi connectivity index (χ1n) is 5.33. The molecule has 0 aliphatic carbocycles. The quantitative estimate of drug-likeness (QED) is 0.819. The summed E-state index contributed by atoms with van der Waals surface area (Å²) in [6.07, 6.45) is 0. The Labute approximate surface area is 122 Å². The molecule has 7 heteroatoms. The number of thiophene rings is 1. The highest BCUT2D eigenvalue weighted by atomic mass is 79.9. The van der Waals surface area contributed by atoms with Crippen LogP contribution in [0.25, 0.3) is 9.88 Å². The van der Waals surface area contributed by atoms with Gasteiger partial charge in [0, 0.05) is 28.3 Å². The average molecular weight is 346 g/mol. The Kier molecular flexibility index (Phi) is 4.87. The molecule has 0 saturated carbocycles. The number of amides is 1. The fourth-order valence-electron chi connectivity index (χ4n) is 1.31. The standard InChI is InChI=1S/C11H12BrN3OS2/c1-13-2-3-14-10(16)8-6-18-11(15-8)9-4-7(12)5-17-9/h4-6,13H,2-3H2,1H3,(H,14,16). The van der Waals surface area contributed by atoms with Gasteiger partial charge in [-0.2, -0.15) is 0 Å². The monoisotopic (exact) mass is 345 g/mol. The van der Waals surface area contributed by atoms with Crippen LogP contribution in [-0.2, 0) is 0 Å². The number of halogens is 1. The highest BCUT2D eigenvalue weighted by Crippen LogP contribution is 2.31. The van der Waals surface area contributed by atoms with E-state index >= 15 is 0 Å². The smallest absolute Gasteiger partial charge is 0.270 e. The molecule has 0 aliphatic heterocycles. The first kappa shape index (κ1) is 13.7. The van der Waals surface area contributed by atoms with Crippen LogP contribution in [0.1, 0.15) is 10.5 Å². The lowest BCUT2D eigenvalue weighted by Gasteiger charge is -2.01. The van der Waals surface area contributed by atoms with Crippen molar-refractivity contribution in [1.82, 2.24) is 15.6 Å². The van der Waals surface area contributed by atoms with Gasteiger partial charge in [0.05, 0.1) is 4.88 Å². The van der Waals surface area contributed by atoms with E-state index in [2.05, 4.69) is 31.5 Å². The summed E-state index contributed by atoms with van der Waals surface area (Å²) in [6.45, 7) is 1.35. The Morgan fingerprint density at radius 3 is 2.89 bits per heavy atom. The SMILES string of the molecule is CNCCNC(=O)c1csc(-c2cc(Br)cs2)n1. The van der Waals surface area contributed by atoms with E-state index in [9.17, 15) is 4.79 Å². The molecule has 0 unspecified atom stereocenters. The van der Waals surface area contributed by atoms with Crippen LogP contribution in [0.2, 0.25) is 0 Å². The lowest BCUT2D eigenvalue weighted by molar-refractivity contribution is 0.0950. The number of nitrogens with zero attached hydrogens (tertiary/aromatic N) is 1. The van der Waals surface area contributed by atoms with Gasteiger partial charge in [-0.1, -0.05) is 0 Å². The summed E-state index contributed by atoms with van der Waals surface area (Å²) in [5, 5.41) is 10.5. The Hall–Kier alpha value is -0.760. The first-order chi connectivity index (χ1) is 8.70. The van der Waals surface area contributed by atoms with Crippen molar-refractivity contribution < 1.29 is 4.79 Å². The van der Waals surface area contributed by atoms with Crippen molar-refractivity contribution >= 4 is 44.5 Å². The van der Waals surface area contributed by atoms with Gasteiger partial charge in [0.15, 0.2) is 0 Å². The van der Waals surface area contributed by atoms with E-state index in [4.69, 9.17) is 0 Å². The van der Waals surface area contributed by atoms with Crippen molar-refractivity contribution in [3.05, 3.63) is 27.0 Å². The van der Waals surface area contributed by atoms with Crippen LogP contribution < -0.4 is 10.6 Å². The molecule has 0 saturated heterocycles. The van der Waals surface area contributed by atoms with Crippen molar-refractivity contribution in [2.24, 2.45) is 0 Å². The Bertz CT molecular complexity index is 538. The zero-order valence-corrected chi connectivity index (χ0v) is 12.9. The summed E-state index contributed by atoms with van der Waals surface area (Å²) in [6, 6.07) is 2.01. The van der Waals surface area contributed by atoms with E-state index in [1.807, 2.05) is 18.5 Å². The molecule has 0 spiro atoms. The lowest BCUT2D eigenvalue weighted by Crippen LogP contribution is -2.30. The number of rotatable bonds is 5. The molecular formula is C11H12BrN3OS2. The van der Waals surface area contributed by atoms with Crippen molar-refractivity contribution in [2.75, 3.05) is 20.1 Å². The van der Waals surface area contributed by atoms with Gasteiger partial charge < -0.3 is 10.6 Å². The number of thiazole rings is 1. The molecule has 0 aromatic carbocycles. The van der Waals surface area contributed by atoms with Crippen LogP contribution in [0.15, 0.2) is 21.3 Å². The highest BCUT2D eigenvalue weighted by molar-refractivity contribution is 9.10. The van der Waals surface area contributed by atoms with Gasteiger partial charge in [-0.05, 0) is 29.0 Å². The Morgan fingerprint density at radius 2 is 2.22 bits per heavy atom. The molecule has 2 N–H and O–H groups in total. The second kappa shape index (κ2) is 6.42. The van der Waals surface area contributed by atoms with Crippen LogP contribution >= 0.6 is 38.6 Å². The van der Waals surface area contributed by atoms with Gasteiger partial charge in [0.1, 0.15) is 10.7 Å². The van der Waals surface area contributed by atoms with Gasteiger partial charge in [-0.25, -0.2) is 4.98 Å². The predicted molar refractivity (Wildman–Crippen MR) is 79.4 cm³/mol. The minimum Gasteiger partial charge on any atom is -0.349 e. The summed E-state index contributed by atoms with van der Waals surface area (Å²) in [5.41, 5.74) is 0.482. The van der Waals surface area contributed by atoms with Gasteiger partial charge >= 0.3 is 0 Å². The molecule has 0 atom stereocenters. The third kappa shape index (κ3) is 3.38. The molecule has 0 fully saturated rings. The van der Waals surface area contributed by atoms with Crippen molar-refractivity contribution in [1.29, 1.82) is 0 Å². The fourth-order valence-corrected chi connectivity index (χ4v) is 3.62. The zero-order chi connectivity index (χ0) is 13.0. The normalized spacial score (nSPS) is 10.6. The van der Waals surface area contributed by atoms with E-state index in [1.165, 1.54) is 11.3 Å². The molecule has 96 valence electrons. The summed E-state index contributed by atoms with van der Waals surface area (Å²) in [5.74, 6) is -0.122. The van der Waals surface area contributed by atoms with Crippen LogP contribution in [-0.4, -0.2) is 31.0 Å². The molecule has 1 amide bonds. The van der Waals surface area contributed by atoms with Crippen LogP contribution in [0.3, 0.4) is 0 Å². The highest BCUT2D eigenvalue weighted by Gasteiger charge is 2.12. The van der Waals surface area contributed by atoms with Gasteiger partial charge in [0.2, 0.25) is 0 Å². The predicted octanol–water partition coefficient (Wildman–Crippen LogP) is 2.58. The number of carbonyl (C=O) groups excluding carboxylic acids is 1. The van der Waals surface area contributed by atoms with E-state index in [1.54, 1.807) is 16.7 Å². The number of hydrogen-bond donors (Lipinski definition) is 2. The number of carbonyl (C=O) groups is 1. The van der Waals surface area contributed by atoms with Gasteiger partial charge in [0.25, 0.3) is 5.91 Å². The summed E-state index contributed by atoms with van der Waals surface area (Å²) < 4.78 is 1.04. The maximum atomic E-state index is 11.8. The molecule has 18 heavy (non-hydrogen) atoms. The fraction of sp³-hybridized carbons (Fsp3) is 0.273. The topological polar surface area (TPSA) is 54.0 Å². The van der Waals surface area contributed by atoms with E-state index in [0.29, 0.717) is 12.2 Å². The minimum absolute atomic E-state index is 0.122. The summed E-state index contributed by atoms with van der Waals surface area (Å²) in [4.78, 5) is 17.2. The molecule has 0 bridgehead atoms. The second-order valence-electron chi connectivity index (χ2n) is 3.53. The van der Waals surface area contributed by atoms with E-state index in [-0.39, 0.29) is 5.91 Å². The molecular weight excluding hydrogens is 334 g/mol. The first-order valence-corrected chi connectivity index (χ1v) is 7.88. The summed E-state index contributed by atoms with van der Waals surface area (Å²) in [7, 11) is 1.85. The van der Waals surface area contributed by atoms with Crippen LogP contribution in [0.4, 0.5) is 0 Å². The lowest BCUT2D eigenvalue weighted by atomic mass is 10.4. The van der Waals surface area contributed by atoms with Crippen molar-refractivity contribution in [3.63, 3.8) is 0 Å². The zero-order valence-electron chi connectivity index (χ0n) is 9.70. The third-order valence-electron chi connectivity index (χ3n) is 2.18. The van der Waals surface area contributed by atoms with E-state index < -0.39 is 0 Å². The van der Waals surface area contributed by atoms with Crippen LogP contribution in [0, 0.1) is 0 Å². The second-order valence-corrected chi connectivity index (χ2v) is 6.21. The van der Waals surface area contributed by atoms with Gasteiger partial charge in [-0.15, -0.1) is 22.7 Å². The average Bonchev–Trinajstić information content (AvgIpc) is 2.97. The molecule has 0 aliphatic rings. The third-order valence-corrected chi connectivity index (χ3v) is 4.88. The van der Waals surface area contributed by atoms with Gasteiger partial charge in [-0.3, -0.25) is 4.79 Å². The number of aromatic nitrogens is 1. The molecule has 2 aromatic heterocycles. The molecule has 0 radical (unpaired) electrons. The maximum Gasteiger partial charge on any atom is 0.270 e. The molecule has 2 heterocycles. The Balaban J connectivity index is 2.04. The number of hydrogen-bond acceptors (Lipinski definition) is 5. The van der Waals surface area contributed by atoms with Crippen LogP contribution in [0.5, 0.6) is 0 Å². The maximum absolute atomic E-state index is 11.8. The molecule has 2 aromatic rings. The number of likely N-dealkylation sites (N-methyl/N-ethyl adjacent to an activating group) is 1. The summed E-state index contributed by atoms with van der Waals surface area (Å²) >= 11 is 6.50. The van der Waals surface area contributed by atoms with Crippen molar-refractivity contribution in [3.8, 4) is 9.88 Å². The molecule has 2 rings (SSSR count). The minimum atomic E-state index is -0.122. The number of nitrogens with one attached hydrogen (secondary N) is 2. The Morgan fingerprint density at radius 1 is 1.39 bits per heavy atom. The molecule has 4 nitrogen and oxygen atoms in total.